The standard InChI is InChI=1S/C10H11ClN4O/c1-6-9(11)7(2)15(13-6)10(16)8-4-5-12-14(8)3/h4-5H,1-3H3. The molecular weight excluding hydrogens is 228 g/mol. The van der Waals surface area contributed by atoms with Crippen LogP contribution in [0.5, 0.6) is 0 Å². The summed E-state index contributed by atoms with van der Waals surface area (Å²) in [7, 11) is 1.71. The van der Waals surface area contributed by atoms with E-state index in [0.29, 0.717) is 22.1 Å². The quantitative estimate of drug-likeness (QED) is 0.758. The lowest BCUT2D eigenvalue weighted by molar-refractivity contribution is 0.0933. The maximum atomic E-state index is 12.1. The Labute approximate surface area is 97.6 Å². The molecule has 0 amide bonds. The Bertz CT molecular complexity index is 555. The zero-order valence-corrected chi connectivity index (χ0v) is 9.99. The molecule has 0 aromatic carbocycles. The maximum Gasteiger partial charge on any atom is 0.296 e. The molecule has 0 N–H and O–H groups in total. The Balaban J connectivity index is 2.50. The number of hydrogen-bond donors (Lipinski definition) is 0. The minimum atomic E-state index is -0.229. The lowest BCUT2D eigenvalue weighted by Crippen LogP contribution is -2.18. The van der Waals surface area contributed by atoms with Gasteiger partial charge in [-0.15, -0.1) is 0 Å². The third kappa shape index (κ3) is 1.53. The van der Waals surface area contributed by atoms with Gasteiger partial charge in [-0.25, -0.2) is 0 Å². The van der Waals surface area contributed by atoms with Crippen LogP contribution in [0.1, 0.15) is 21.9 Å². The van der Waals surface area contributed by atoms with Crippen LogP contribution in [0.15, 0.2) is 12.3 Å². The Morgan fingerprint density at radius 1 is 1.44 bits per heavy atom. The van der Waals surface area contributed by atoms with Crippen LogP contribution < -0.4 is 0 Å². The van der Waals surface area contributed by atoms with Gasteiger partial charge in [-0.1, -0.05) is 11.6 Å². The zero-order chi connectivity index (χ0) is 11.9. The number of rotatable bonds is 1. The molecular formula is C10H11ClN4O. The van der Waals surface area contributed by atoms with Crippen molar-refractivity contribution in [2.45, 2.75) is 13.8 Å². The molecule has 5 nitrogen and oxygen atoms in total. The predicted octanol–water partition coefficient (Wildman–Crippen LogP) is 1.58. The summed E-state index contributed by atoms with van der Waals surface area (Å²) in [5, 5.41) is 8.57. The fraction of sp³-hybridized carbons (Fsp3) is 0.300. The predicted molar refractivity (Wildman–Crippen MR) is 59.6 cm³/mol. The summed E-state index contributed by atoms with van der Waals surface area (Å²) >= 11 is 5.99. The molecule has 16 heavy (non-hydrogen) atoms. The number of hydrogen-bond acceptors (Lipinski definition) is 3. The average Bonchev–Trinajstić information content (AvgIpc) is 2.77. The van der Waals surface area contributed by atoms with Crippen molar-refractivity contribution in [1.29, 1.82) is 0 Å². The van der Waals surface area contributed by atoms with Gasteiger partial charge in [-0.2, -0.15) is 14.9 Å². The second-order valence-corrected chi connectivity index (χ2v) is 3.92. The minimum Gasteiger partial charge on any atom is -0.265 e. The molecule has 0 spiro atoms. The third-order valence-electron chi connectivity index (χ3n) is 2.44. The molecule has 2 rings (SSSR count). The van der Waals surface area contributed by atoms with Crippen LogP contribution in [0.2, 0.25) is 5.02 Å². The number of halogens is 1. The Morgan fingerprint density at radius 2 is 2.12 bits per heavy atom. The normalized spacial score (nSPS) is 10.8. The van der Waals surface area contributed by atoms with Gasteiger partial charge in [-0.3, -0.25) is 9.48 Å². The largest absolute Gasteiger partial charge is 0.296 e. The number of carbonyl (C=O) groups is 1. The van der Waals surface area contributed by atoms with Crippen molar-refractivity contribution in [2.75, 3.05) is 0 Å². The van der Waals surface area contributed by atoms with E-state index in [1.807, 2.05) is 0 Å². The highest BCUT2D eigenvalue weighted by Gasteiger charge is 2.18. The lowest BCUT2D eigenvalue weighted by Gasteiger charge is -2.02. The van der Waals surface area contributed by atoms with E-state index in [1.165, 1.54) is 9.36 Å². The van der Waals surface area contributed by atoms with E-state index in [0.717, 1.165) is 0 Å². The van der Waals surface area contributed by atoms with E-state index in [1.54, 1.807) is 33.2 Å². The first kappa shape index (κ1) is 10.9. The van der Waals surface area contributed by atoms with Crippen LogP contribution in [-0.2, 0) is 7.05 Å². The number of aryl methyl sites for hydroxylation is 2. The Kier molecular flexibility index (Phi) is 2.55. The van der Waals surface area contributed by atoms with E-state index in [2.05, 4.69) is 10.2 Å². The van der Waals surface area contributed by atoms with E-state index in [9.17, 15) is 4.79 Å². The SMILES string of the molecule is Cc1nn(C(=O)c2ccnn2C)c(C)c1Cl. The van der Waals surface area contributed by atoms with Crippen molar-refractivity contribution in [3.8, 4) is 0 Å². The summed E-state index contributed by atoms with van der Waals surface area (Å²) in [6.07, 6.45) is 1.57. The Morgan fingerprint density at radius 3 is 2.56 bits per heavy atom. The van der Waals surface area contributed by atoms with E-state index < -0.39 is 0 Å². The van der Waals surface area contributed by atoms with Crippen molar-refractivity contribution < 1.29 is 4.79 Å². The Hall–Kier alpha value is -1.62. The van der Waals surface area contributed by atoms with Gasteiger partial charge in [-0.05, 0) is 19.9 Å². The summed E-state index contributed by atoms with van der Waals surface area (Å²) in [6.45, 7) is 3.53. The van der Waals surface area contributed by atoms with Gasteiger partial charge in [0.2, 0.25) is 0 Å². The van der Waals surface area contributed by atoms with E-state index in [4.69, 9.17) is 11.6 Å². The number of aromatic nitrogens is 4. The maximum absolute atomic E-state index is 12.1. The molecule has 84 valence electrons. The van der Waals surface area contributed by atoms with Crippen molar-refractivity contribution in [2.24, 2.45) is 7.05 Å². The highest BCUT2D eigenvalue weighted by atomic mass is 35.5. The van der Waals surface area contributed by atoms with Crippen LogP contribution in [-0.4, -0.2) is 25.5 Å². The van der Waals surface area contributed by atoms with E-state index in [-0.39, 0.29) is 5.91 Å². The van der Waals surface area contributed by atoms with Gasteiger partial charge < -0.3 is 0 Å². The zero-order valence-electron chi connectivity index (χ0n) is 9.23. The summed E-state index contributed by atoms with van der Waals surface area (Å²) in [6, 6.07) is 1.65. The van der Waals surface area contributed by atoms with E-state index >= 15 is 0 Å². The second kappa shape index (κ2) is 3.75. The van der Waals surface area contributed by atoms with Crippen LogP contribution in [0.4, 0.5) is 0 Å². The van der Waals surface area contributed by atoms with Gasteiger partial charge in [0.1, 0.15) is 5.69 Å². The van der Waals surface area contributed by atoms with Gasteiger partial charge >= 0.3 is 0 Å². The molecule has 0 aliphatic carbocycles. The molecule has 0 aliphatic rings. The monoisotopic (exact) mass is 238 g/mol. The smallest absolute Gasteiger partial charge is 0.265 e. The number of nitrogens with zero attached hydrogens (tertiary/aromatic N) is 4. The molecule has 0 fully saturated rings. The van der Waals surface area contributed by atoms with Crippen molar-refractivity contribution in [3.05, 3.63) is 34.4 Å². The highest BCUT2D eigenvalue weighted by molar-refractivity contribution is 6.32. The molecule has 2 aromatic heterocycles. The molecule has 2 aromatic rings. The first-order chi connectivity index (χ1) is 7.52. The average molecular weight is 239 g/mol. The lowest BCUT2D eigenvalue weighted by atomic mass is 10.3. The van der Waals surface area contributed by atoms with Gasteiger partial charge in [0.05, 0.1) is 16.4 Å². The first-order valence-corrected chi connectivity index (χ1v) is 5.14. The molecule has 2 heterocycles. The molecule has 6 heteroatoms. The summed E-state index contributed by atoms with van der Waals surface area (Å²) in [4.78, 5) is 12.1. The summed E-state index contributed by atoms with van der Waals surface area (Å²) in [5.41, 5.74) is 1.77. The van der Waals surface area contributed by atoms with Crippen molar-refractivity contribution in [1.82, 2.24) is 19.6 Å². The topological polar surface area (TPSA) is 52.7 Å². The highest BCUT2D eigenvalue weighted by Crippen LogP contribution is 2.19. The number of carbonyl (C=O) groups excluding carboxylic acids is 1. The van der Waals surface area contributed by atoms with Gasteiger partial charge in [0.25, 0.3) is 5.91 Å². The second-order valence-electron chi connectivity index (χ2n) is 3.54. The first-order valence-electron chi connectivity index (χ1n) is 4.76. The third-order valence-corrected chi connectivity index (χ3v) is 2.98. The molecule has 0 saturated carbocycles. The van der Waals surface area contributed by atoms with Crippen molar-refractivity contribution in [3.63, 3.8) is 0 Å². The molecule has 0 bridgehead atoms. The summed E-state index contributed by atoms with van der Waals surface area (Å²) in [5.74, 6) is -0.229. The van der Waals surface area contributed by atoms with Gasteiger partial charge in [0.15, 0.2) is 0 Å². The van der Waals surface area contributed by atoms with Crippen LogP contribution in [0.3, 0.4) is 0 Å². The summed E-state index contributed by atoms with van der Waals surface area (Å²) < 4.78 is 2.81. The molecule has 0 radical (unpaired) electrons. The fourth-order valence-corrected chi connectivity index (χ4v) is 1.63. The molecule has 0 atom stereocenters. The molecule has 0 saturated heterocycles. The molecule has 0 unspecified atom stereocenters. The van der Waals surface area contributed by atoms with Crippen molar-refractivity contribution >= 4 is 17.5 Å². The minimum absolute atomic E-state index is 0.229. The molecule has 0 aliphatic heterocycles. The fourth-order valence-electron chi connectivity index (χ4n) is 1.51. The van der Waals surface area contributed by atoms with Crippen LogP contribution in [0, 0.1) is 13.8 Å². The van der Waals surface area contributed by atoms with Gasteiger partial charge in [0, 0.05) is 13.2 Å². The van der Waals surface area contributed by atoms with Crippen LogP contribution in [0.25, 0.3) is 0 Å². The van der Waals surface area contributed by atoms with Crippen LogP contribution >= 0.6 is 11.6 Å².